The molecular formula is C15H15ClFN3O. The highest BCUT2D eigenvalue weighted by Crippen LogP contribution is 2.31. The van der Waals surface area contributed by atoms with E-state index >= 15 is 0 Å². The Balaban J connectivity index is 2.48. The van der Waals surface area contributed by atoms with Crippen LogP contribution in [0.3, 0.4) is 0 Å². The number of para-hydroxylation sites is 1. The number of nitrogens with zero attached hydrogens (tertiary/aromatic N) is 1. The number of carbonyl (C=O) groups is 1. The van der Waals surface area contributed by atoms with Gasteiger partial charge in [0.25, 0.3) is 5.91 Å². The summed E-state index contributed by atoms with van der Waals surface area (Å²) in [7, 11) is 3.27. The zero-order valence-electron chi connectivity index (χ0n) is 11.7. The summed E-state index contributed by atoms with van der Waals surface area (Å²) in [4.78, 5) is 13.6. The van der Waals surface area contributed by atoms with E-state index in [9.17, 15) is 9.18 Å². The summed E-state index contributed by atoms with van der Waals surface area (Å²) in [6.07, 6.45) is 0. The van der Waals surface area contributed by atoms with Gasteiger partial charge in [0.1, 0.15) is 5.82 Å². The predicted molar refractivity (Wildman–Crippen MR) is 83.6 cm³/mol. The van der Waals surface area contributed by atoms with Crippen molar-refractivity contribution in [1.29, 1.82) is 0 Å². The molecule has 0 saturated carbocycles. The molecule has 0 fully saturated rings. The molecule has 110 valence electrons. The zero-order valence-corrected chi connectivity index (χ0v) is 12.4. The van der Waals surface area contributed by atoms with Crippen LogP contribution in [0.25, 0.3) is 0 Å². The maximum Gasteiger partial charge on any atom is 0.255 e. The van der Waals surface area contributed by atoms with Crippen molar-refractivity contribution in [2.45, 2.75) is 0 Å². The molecular weight excluding hydrogens is 293 g/mol. The SMILES string of the molecule is CN(C)C(=O)c1ccc(N)cc1Nc1c(F)cccc1Cl. The minimum Gasteiger partial charge on any atom is -0.399 e. The fourth-order valence-corrected chi connectivity index (χ4v) is 2.05. The largest absolute Gasteiger partial charge is 0.399 e. The molecule has 6 heteroatoms. The molecule has 2 aromatic rings. The van der Waals surface area contributed by atoms with E-state index in [0.717, 1.165) is 0 Å². The van der Waals surface area contributed by atoms with Crippen molar-refractivity contribution < 1.29 is 9.18 Å². The van der Waals surface area contributed by atoms with Gasteiger partial charge in [-0.2, -0.15) is 0 Å². The Morgan fingerprint density at radius 3 is 2.62 bits per heavy atom. The van der Waals surface area contributed by atoms with Gasteiger partial charge in [-0.1, -0.05) is 17.7 Å². The first-order chi connectivity index (χ1) is 9.90. The van der Waals surface area contributed by atoms with Crippen LogP contribution in [0.1, 0.15) is 10.4 Å². The number of hydrogen-bond donors (Lipinski definition) is 2. The first kappa shape index (κ1) is 15.1. The Labute approximate surface area is 127 Å². The molecule has 0 bridgehead atoms. The third-order valence-corrected chi connectivity index (χ3v) is 3.22. The van der Waals surface area contributed by atoms with Gasteiger partial charge >= 0.3 is 0 Å². The number of halogens is 2. The molecule has 21 heavy (non-hydrogen) atoms. The Bertz CT molecular complexity index is 668. The lowest BCUT2D eigenvalue weighted by molar-refractivity contribution is 0.0828. The lowest BCUT2D eigenvalue weighted by atomic mass is 10.1. The average molecular weight is 308 g/mol. The molecule has 1 amide bonds. The maximum absolute atomic E-state index is 13.9. The first-order valence-electron chi connectivity index (χ1n) is 6.22. The molecule has 0 atom stereocenters. The standard InChI is InChI=1S/C15H15ClFN3O/c1-20(2)15(21)10-7-6-9(18)8-13(10)19-14-11(16)4-3-5-12(14)17/h3-8,19H,18H2,1-2H3. The van der Waals surface area contributed by atoms with Gasteiger partial charge in [-0.3, -0.25) is 4.79 Å². The van der Waals surface area contributed by atoms with E-state index in [-0.39, 0.29) is 16.6 Å². The molecule has 0 aliphatic heterocycles. The molecule has 0 aromatic heterocycles. The Hall–Kier alpha value is -2.27. The number of nitrogens with two attached hydrogens (primary N) is 1. The first-order valence-corrected chi connectivity index (χ1v) is 6.60. The molecule has 2 rings (SSSR count). The van der Waals surface area contributed by atoms with Crippen molar-refractivity contribution in [2.24, 2.45) is 0 Å². The highest BCUT2D eigenvalue weighted by atomic mass is 35.5. The van der Waals surface area contributed by atoms with Crippen LogP contribution in [0.2, 0.25) is 5.02 Å². The second-order valence-corrected chi connectivity index (χ2v) is 5.13. The number of carbonyl (C=O) groups excluding carboxylic acids is 1. The highest BCUT2D eigenvalue weighted by Gasteiger charge is 2.16. The van der Waals surface area contributed by atoms with Crippen molar-refractivity contribution in [2.75, 3.05) is 25.1 Å². The quantitative estimate of drug-likeness (QED) is 0.853. The minimum absolute atomic E-state index is 0.109. The summed E-state index contributed by atoms with van der Waals surface area (Å²) in [5.41, 5.74) is 7.10. The van der Waals surface area contributed by atoms with Gasteiger partial charge in [-0.05, 0) is 30.3 Å². The monoisotopic (exact) mass is 307 g/mol. The summed E-state index contributed by atoms with van der Waals surface area (Å²) in [6, 6.07) is 9.13. The summed E-state index contributed by atoms with van der Waals surface area (Å²) in [5.74, 6) is -0.724. The van der Waals surface area contributed by atoms with Gasteiger partial charge < -0.3 is 16.0 Å². The van der Waals surface area contributed by atoms with Crippen molar-refractivity contribution >= 4 is 34.6 Å². The van der Waals surface area contributed by atoms with Crippen molar-refractivity contribution in [3.8, 4) is 0 Å². The smallest absolute Gasteiger partial charge is 0.255 e. The van der Waals surface area contributed by atoms with Gasteiger partial charge in [0.2, 0.25) is 0 Å². The van der Waals surface area contributed by atoms with E-state index in [1.54, 1.807) is 38.4 Å². The zero-order chi connectivity index (χ0) is 15.6. The number of amides is 1. The van der Waals surface area contributed by atoms with Gasteiger partial charge in [-0.15, -0.1) is 0 Å². The normalized spacial score (nSPS) is 10.3. The van der Waals surface area contributed by atoms with Crippen molar-refractivity contribution in [3.05, 3.63) is 52.8 Å². The van der Waals surface area contributed by atoms with Crippen molar-refractivity contribution in [3.63, 3.8) is 0 Å². The average Bonchev–Trinajstić information content (AvgIpc) is 2.42. The van der Waals surface area contributed by atoms with E-state index in [1.165, 1.54) is 17.0 Å². The number of hydrogen-bond acceptors (Lipinski definition) is 3. The summed E-state index contributed by atoms with van der Waals surface area (Å²) in [6.45, 7) is 0. The van der Waals surface area contributed by atoms with E-state index in [4.69, 9.17) is 17.3 Å². The minimum atomic E-state index is -0.506. The van der Waals surface area contributed by atoms with Crippen LogP contribution in [0, 0.1) is 5.82 Å². The predicted octanol–water partition coefficient (Wildman–Crippen LogP) is 3.51. The highest BCUT2D eigenvalue weighted by molar-refractivity contribution is 6.33. The summed E-state index contributed by atoms with van der Waals surface area (Å²) in [5, 5.41) is 3.07. The maximum atomic E-state index is 13.9. The Morgan fingerprint density at radius 2 is 2.00 bits per heavy atom. The topological polar surface area (TPSA) is 58.4 Å². The van der Waals surface area contributed by atoms with E-state index in [2.05, 4.69) is 5.32 Å². The summed E-state index contributed by atoms with van der Waals surface area (Å²) >= 11 is 5.98. The van der Waals surface area contributed by atoms with Crippen LogP contribution in [0.15, 0.2) is 36.4 Å². The lowest BCUT2D eigenvalue weighted by Crippen LogP contribution is -2.22. The lowest BCUT2D eigenvalue weighted by Gasteiger charge is -2.17. The Morgan fingerprint density at radius 1 is 1.29 bits per heavy atom. The second kappa shape index (κ2) is 6.01. The molecule has 0 unspecified atom stereocenters. The van der Waals surface area contributed by atoms with Crippen LogP contribution in [0.4, 0.5) is 21.5 Å². The molecule has 0 heterocycles. The molecule has 0 radical (unpaired) electrons. The van der Waals surface area contributed by atoms with Crippen LogP contribution < -0.4 is 11.1 Å². The number of anilines is 3. The molecule has 0 saturated heterocycles. The number of nitrogen functional groups attached to an aromatic ring is 1. The number of benzene rings is 2. The second-order valence-electron chi connectivity index (χ2n) is 4.73. The number of rotatable bonds is 3. The van der Waals surface area contributed by atoms with Crippen LogP contribution in [-0.4, -0.2) is 24.9 Å². The molecule has 0 aliphatic carbocycles. The molecule has 2 aromatic carbocycles. The third-order valence-electron chi connectivity index (χ3n) is 2.90. The van der Waals surface area contributed by atoms with E-state index in [1.807, 2.05) is 0 Å². The van der Waals surface area contributed by atoms with Gasteiger partial charge in [0.05, 0.1) is 22.0 Å². The van der Waals surface area contributed by atoms with E-state index in [0.29, 0.717) is 16.9 Å². The van der Waals surface area contributed by atoms with Crippen LogP contribution in [0.5, 0.6) is 0 Å². The Kier molecular flexibility index (Phi) is 4.33. The van der Waals surface area contributed by atoms with Crippen molar-refractivity contribution in [1.82, 2.24) is 4.90 Å². The van der Waals surface area contributed by atoms with Gasteiger partial charge in [0.15, 0.2) is 0 Å². The van der Waals surface area contributed by atoms with Crippen LogP contribution >= 0.6 is 11.6 Å². The molecule has 0 spiro atoms. The van der Waals surface area contributed by atoms with E-state index < -0.39 is 5.82 Å². The summed E-state index contributed by atoms with van der Waals surface area (Å²) < 4.78 is 13.9. The fourth-order valence-electron chi connectivity index (χ4n) is 1.84. The third kappa shape index (κ3) is 3.25. The van der Waals surface area contributed by atoms with Crippen LogP contribution in [-0.2, 0) is 0 Å². The van der Waals surface area contributed by atoms with Gasteiger partial charge in [0, 0.05) is 19.8 Å². The van der Waals surface area contributed by atoms with Gasteiger partial charge in [-0.25, -0.2) is 4.39 Å². The fraction of sp³-hybridized carbons (Fsp3) is 0.133. The molecule has 0 aliphatic rings. The number of nitrogens with one attached hydrogen (secondary N) is 1. The molecule has 4 nitrogen and oxygen atoms in total. The molecule has 3 N–H and O–H groups in total.